The number of carboxylic acid groups (broad SMARTS) is 1. The lowest BCUT2D eigenvalue weighted by molar-refractivity contribution is -0.384. The molecule has 0 unspecified atom stereocenters. The molecule has 1 aromatic rings. The summed E-state index contributed by atoms with van der Waals surface area (Å²) in [6.45, 7) is 1.31. The molecule has 7 nitrogen and oxygen atoms in total. The van der Waals surface area contributed by atoms with Gasteiger partial charge in [0.05, 0.1) is 10.5 Å². The Bertz CT molecular complexity index is 482. The molecule has 2 rings (SSSR count). The number of hydrogen-bond donors (Lipinski definition) is 3. The van der Waals surface area contributed by atoms with Gasteiger partial charge in [-0.25, -0.2) is 4.79 Å². The molecule has 0 heterocycles. The number of nitro benzene ring substituents is 1. The van der Waals surface area contributed by atoms with Gasteiger partial charge < -0.3 is 15.7 Å². The SMILES string of the molecule is O=C(O)c1cccc([N+](=O)[O-])c1NCCCNC1CC1. The van der Waals surface area contributed by atoms with Gasteiger partial charge in [0.25, 0.3) is 5.69 Å². The van der Waals surface area contributed by atoms with E-state index in [4.69, 9.17) is 5.11 Å². The number of rotatable bonds is 8. The fraction of sp³-hybridized carbons (Fsp3) is 0.462. The molecule has 7 heteroatoms. The zero-order chi connectivity index (χ0) is 14.5. The summed E-state index contributed by atoms with van der Waals surface area (Å²) in [4.78, 5) is 21.5. The lowest BCUT2D eigenvalue weighted by atomic mass is 10.1. The molecule has 0 radical (unpaired) electrons. The van der Waals surface area contributed by atoms with Crippen molar-refractivity contribution in [2.45, 2.75) is 25.3 Å². The van der Waals surface area contributed by atoms with Crippen molar-refractivity contribution in [3.8, 4) is 0 Å². The van der Waals surface area contributed by atoms with Crippen molar-refractivity contribution in [1.29, 1.82) is 0 Å². The highest BCUT2D eigenvalue weighted by Crippen LogP contribution is 2.28. The number of nitrogens with zero attached hydrogens (tertiary/aromatic N) is 1. The number of para-hydroxylation sites is 1. The van der Waals surface area contributed by atoms with Gasteiger partial charge in [0.1, 0.15) is 5.69 Å². The van der Waals surface area contributed by atoms with Crippen molar-refractivity contribution in [1.82, 2.24) is 5.32 Å². The fourth-order valence-corrected chi connectivity index (χ4v) is 1.95. The number of carboxylic acids is 1. The van der Waals surface area contributed by atoms with E-state index in [0.29, 0.717) is 12.6 Å². The lowest BCUT2D eigenvalue weighted by Crippen LogP contribution is -2.20. The molecular weight excluding hydrogens is 262 g/mol. The highest BCUT2D eigenvalue weighted by atomic mass is 16.6. The first-order valence-electron chi connectivity index (χ1n) is 6.57. The molecule has 1 aliphatic rings. The smallest absolute Gasteiger partial charge is 0.338 e. The molecule has 0 aliphatic heterocycles. The third kappa shape index (κ3) is 3.67. The standard InChI is InChI=1S/C13H17N3O4/c17-13(18)10-3-1-4-11(16(19)20)12(10)15-8-2-7-14-9-5-6-9/h1,3-4,9,14-15H,2,5-8H2,(H,17,18). The highest BCUT2D eigenvalue weighted by molar-refractivity contribution is 5.96. The molecule has 0 bridgehead atoms. The van der Waals surface area contributed by atoms with Gasteiger partial charge in [0, 0.05) is 18.7 Å². The van der Waals surface area contributed by atoms with Gasteiger partial charge in [-0.2, -0.15) is 0 Å². The van der Waals surface area contributed by atoms with Crippen molar-refractivity contribution in [3.63, 3.8) is 0 Å². The average Bonchev–Trinajstić information content (AvgIpc) is 3.22. The summed E-state index contributed by atoms with van der Waals surface area (Å²) >= 11 is 0. The van der Waals surface area contributed by atoms with Crippen LogP contribution < -0.4 is 10.6 Å². The van der Waals surface area contributed by atoms with Crippen LogP contribution in [-0.2, 0) is 0 Å². The number of hydrogen-bond acceptors (Lipinski definition) is 5. The summed E-state index contributed by atoms with van der Waals surface area (Å²) in [6.07, 6.45) is 3.20. The second-order valence-corrected chi connectivity index (χ2v) is 4.77. The van der Waals surface area contributed by atoms with Gasteiger partial charge in [-0.05, 0) is 31.9 Å². The number of benzene rings is 1. The first kappa shape index (κ1) is 14.3. The van der Waals surface area contributed by atoms with Gasteiger partial charge in [-0.1, -0.05) is 6.07 Å². The van der Waals surface area contributed by atoms with Crippen molar-refractivity contribution < 1.29 is 14.8 Å². The normalized spacial score (nSPS) is 14.0. The molecular formula is C13H17N3O4. The maximum Gasteiger partial charge on any atom is 0.338 e. The number of aromatic carboxylic acids is 1. The zero-order valence-corrected chi connectivity index (χ0v) is 11.0. The minimum atomic E-state index is -1.17. The monoisotopic (exact) mass is 279 g/mol. The number of nitrogens with one attached hydrogen (secondary N) is 2. The number of nitro groups is 1. The van der Waals surface area contributed by atoms with Crippen LogP contribution in [0.5, 0.6) is 0 Å². The maximum absolute atomic E-state index is 11.1. The fourth-order valence-electron chi connectivity index (χ4n) is 1.95. The van der Waals surface area contributed by atoms with E-state index in [9.17, 15) is 14.9 Å². The predicted molar refractivity (Wildman–Crippen MR) is 74.2 cm³/mol. The van der Waals surface area contributed by atoms with Gasteiger partial charge in [-0.15, -0.1) is 0 Å². The summed E-state index contributed by atoms with van der Waals surface area (Å²) in [7, 11) is 0. The summed E-state index contributed by atoms with van der Waals surface area (Å²) in [5.74, 6) is -1.17. The Kier molecular flexibility index (Phi) is 4.52. The second-order valence-electron chi connectivity index (χ2n) is 4.77. The van der Waals surface area contributed by atoms with Crippen LogP contribution in [0.1, 0.15) is 29.6 Å². The van der Waals surface area contributed by atoms with Crippen LogP contribution in [0, 0.1) is 10.1 Å². The molecule has 108 valence electrons. The van der Waals surface area contributed by atoms with Crippen LogP contribution in [0.3, 0.4) is 0 Å². The quantitative estimate of drug-likeness (QED) is 0.381. The second kappa shape index (κ2) is 6.33. The van der Waals surface area contributed by atoms with E-state index < -0.39 is 10.9 Å². The van der Waals surface area contributed by atoms with Gasteiger partial charge >= 0.3 is 5.97 Å². The third-order valence-corrected chi connectivity index (χ3v) is 3.14. The molecule has 0 saturated heterocycles. The molecule has 1 saturated carbocycles. The van der Waals surface area contributed by atoms with Crippen LogP contribution in [0.4, 0.5) is 11.4 Å². The zero-order valence-electron chi connectivity index (χ0n) is 11.0. The minimum Gasteiger partial charge on any atom is -0.478 e. The van der Waals surface area contributed by atoms with E-state index in [-0.39, 0.29) is 16.9 Å². The molecule has 0 atom stereocenters. The Labute approximate surface area is 116 Å². The van der Waals surface area contributed by atoms with E-state index >= 15 is 0 Å². The van der Waals surface area contributed by atoms with Gasteiger partial charge in [-0.3, -0.25) is 10.1 Å². The summed E-state index contributed by atoms with van der Waals surface area (Å²) in [5.41, 5.74) is -0.203. The lowest BCUT2D eigenvalue weighted by Gasteiger charge is -2.10. The average molecular weight is 279 g/mol. The largest absolute Gasteiger partial charge is 0.478 e. The molecule has 0 aromatic heterocycles. The van der Waals surface area contributed by atoms with Crippen molar-refractivity contribution in [2.24, 2.45) is 0 Å². The Morgan fingerprint density at radius 1 is 1.40 bits per heavy atom. The molecule has 0 amide bonds. The molecule has 1 fully saturated rings. The Morgan fingerprint density at radius 3 is 2.75 bits per heavy atom. The van der Waals surface area contributed by atoms with Crippen molar-refractivity contribution in [3.05, 3.63) is 33.9 Å². The van der Waals surface area contributed by atoms with E-state index in [1.54, 1.807) is 0 Å². The Hall–Kier alpha value is -2.15. The topological polar surface area (TPSA) is 104 Å². The third-order valence-electron chi connectivity index (χ3n) is 3.14. The first-order chi connectivity index (χ1) is 9.59. The minimum absolute atomic E-state index is 0.0747. The maximum atomic E-state index is 11.1. The number of anilines is 1. The molecule has 0 spiro atoms. The Balaban J connectivity index is 1.99. The van der Waals surface area contributed by atoms with Crippen molar-refractivity contribution >= 4 is 17.3 Å². The van der Waals surface area contributed by atoms with E-state index in [2.05, 4.69) is 10.6 Å². The number of carbonyl (C=O) groups is 1. The molecule has 1 aromatic carbocycles. The van der Waals surface area contributed by atoms with Crippen LogP contribution in [0.15, 0.2) is 18.2 Å². The van der Waals surface area contributed by atoms with Crippen LogP contribution in [0.25, 0.3) is 0 Å². The van der Waals surface area contributed by atoms with E-state index in [0.717, 1.165) is 13.0 Å². The van der Waals surface area contributed by atoms with Gasteiger partial charge in [0.15, 0.2) is 0 Å². The van der Waals surface area contributed by atoms with Crippen LogP contribution in [-0.4, -0.2) is 35.1 Å². The van der Waals surface area contributed by atoms with Crippen molar-refractivity contribution in [2.75, 3.05) is 18.4 Å². The summed E-state index contributed by atoms with van der Waals surface area (Å²) in [5, 5.41) is 26.2. The van der Waals surface area contributed by atoms with Gasteiger partial charge in [0.2, 0.25) is 0 Å². The molecule has 3 N–H and O–H groups in total. The van der Waals surface area contributed by atoms with E-state index in [1.165, 1.54) is 31.0 Å². The molecule has 20 heavy (non-hydrogen) atoms. The predicted octanol–water partition coefficient (Wildman–Crippen LogP) is 1.85. The first-order valence-corrected chi connectivity index (χ1v) is 6.57. The van der Waals surface area contributed by atoms with Crippen LogP contribution in [0.2, 0.25) is 0 Å². The van der Waals surface area contributed by atoms with E-state index in [1.807, 2.05) is 0 Å². The molecule has 1 aliphatic carbocycles. The highest BCUT2D eigenvalue weighted by Gasteiger charge is 2.21. The Morgan fingerprint density at radius 2 is 2.15 bits per heavy atom. The summed E-state index contributed by atoms with van der Waals surface area (Å²) < 4.78 is 0. The van der Waals surface area contributed by atoms with Crippen LogP contribution >= 0.6 is 0 Å². The summed E-state index contributed by atoms with van der Waals surface area (Å²) in [6, 6.07) is 4.66.